The van der Waals surface area contributed by atoms with Crippen LogP contribution in [0, 0.1) is 0 Å². The predicted molar refractivity (Wildman–Crippen MR) is 263 cm³/mol. The van der Waals surface area contributed by atoms with Crippen LogP contribution in [0.4, 0.5) is 0 Å². The van der Waals surface area contributed by atoms with E-state index in [9.17, 15) is 0 Å². The van der Waals surface area contributed by atoms with E-state index >= 15 is 0 Å². The van der Waals surface area contributed by atoms with E-state index in [1.165, 1.54) is 115 Å². The van der Waals surface area contributed by atoms with Crippen LogP contribution in [0.1, 0.15) is 25.0 Å². The Kier molecular flexibility index (Phi) is 7.42. The number of benzene rings is 11. The highest BCUT2D eigenvalue weighted by molar-refractivity contribution is 6.25. The SMILES string of the molecule is CC1(C)c2ccccc2-c2c1ccc1oc3c4cc(-c5ccc(-c6c7ccccc7c(-c7cccc(-c8ccccc8)c7)c7ccccc67)c6ccccc56)ccc4ccc3c21. The second-order valence-corrected chi connectivity index (χ2v) is 17.5. The molecule has 1 heterocycles. The van der Waals surface area contributed by atoms with Crippen molar-refractivity contribution >= 4 is 65.0 Å². The molecule has 13 rings (SSSR count). The molecule has 0 saturated heterocycles. The Balaban J connectivity index is 1.01. The zero-order valence-electron chi connectivity index (χ0n) is 34.5. The third-order valence-corrected chi connectivity index (χ3v) is 13.9. The van der Waals surface area contributed by atoms with E-state index in [1.807, 2.05) is 0 Å². The summed E-state index contributed by atoms with van der Waals surface area (Å²) < 4.78 is 6.88. The summed E-state index contributed by atoms with van der Waals surface area (Å²) in [6.45, 7) is 4.68. The van der Waals surface area contributed by atoms with E-state index in [-0.39, 0.29) is 5.41 Å². The molecule has 0 amide bonds. The second kappa shape index (κ2) is 13.1. The number of hydrogen-bond donors (Lipinski definition) is 0. The van der Waals surface area contributed by atoms with Gasteiger partial charge in [0.25, 0.3) is 0 Å². The standard InChI is InChI=1S/C61H40O/c1-61(2)53-26-13-12-25-50(53)58-54(61)33-34-55-59(58)51-30-29-38-27-28-40(36-52(38)60(51)62-55)42-31-32-49(44-20-7-6-19-43(42)44)57-47-23-10-8-21-45(47)56(46-22-9-11-24-48(46)57)41-18-14-17-39(35-41)37-15-4-3-5-16-37/h3-36H,1-2H3. The molecule has 0 aliphatic heterocycles. The van der Waals surface area contributed by atoms with Crippen molar-refractivity contribution in [3.8, 4) is 55.6 Å². The summed E-state index contributed by atoms with van der Waals surface area (Å²) in [4.78, 5) is 0. The fourth-order valence-corrected chi connectivity index (χ4v) is 11.0. The molecule has 290 valence electrons. The largest absolute Gasteiger partial charge is 0.455 e. The van der Waals surface area contributed by atoms with Crippen LogP contribution < -0.4 is 0 Å². The van der Waals surface area contributed by atoms with Crippen LogP contribution in [0.5, 0.6) is 0 Å². The summed E-state index contributed by atoms with van der Waals surface area (Å²) in [6, 6.07) is 76.0. The first-order valence-corrected chi connectivity index (χ1v) is 21.7. The summed E-state index contributed by atoms with van der Waals surface area (Å²) in [6.07, 6.45) is 0. The van der Waals surface area contributed by atoms with Gasteiger partial charge in [0.15, 0.2) is 0 Å². The van der Waals surface area contributed by atoms with Crippen molar-refractivity contribution in [2.75, 3.05) is 0 Å². The highest BCUT2D eigenvalue weighted by atomic mass is 16.3. The van der Waals surface area contributed by atoms with E-state index in [0.29, 0.717) is 0 Å². The molecule has 1 aliphatic rings. The maximum Gasteiger partial charge on any atom is 0.143 e. The molecule has 0 N–H and O–H groups in total. The molecule has 1 heteroatoms. The van der Waals surface area contributed by atoms with Crippen LogP contribution >= 0.6 is 0 Å². The lowest BCUT2D eigenvalue weighted by Gasteiger charge is -2.21. The van der Waals surface area contributed by atoms with Gasteiger partial charge in [-0.3, -0.25) is 0 Å². The summed E-state index contributed by atoms with van der Waals surface area (Å²) in [5.41, 5.74) is 17.0. The van der Waals surface area contributed by atoms with Gasteiger partial charge in [0, 0.05) is 21.6 Å². The molecule has 0 fully saturated rings. The maximum atomic E-state index is 6.88. The van der Waals surface area contributed by atoms with Crippen molar-refractivity contribution in [3.05, 3.63) is 217 Å². The first-order valence-electron chi connectivity index (χ1n) is 21.7. The van der Waals surface area contributed by atoms with E-state index in [1.54, 1.807) is 0 Å². The van der Waals surface area contributed by atoms with Crippen LogP contribution in [0.3, 0.4) is 0 Å². The predicted octanol–water partition coefficient (Wildman–Crippen LogP) is 17.2. The summed E-state index contributed by atoms with van der Waals surface area (Å²) in [5.74, 6) is 0. The molecule has 1 aliphatic carbocycles. The van der Waals surface area contributed by atoms with Crippen molar-refractivity contribution < 1.29 is 4.42 Å². The summed E-state index contributed by atoms with van der Waals surface area (Å²) >= 11 is 0. The molecule has 1 aromatic heterocycles. The number of fused-ring (bicyclic) bond motifs is 12. The van der Waals surface area contributed by atoms with Gasteiger partial charge in [0.2, 0.25) is 0 Å². The average molecular weight is 789 g/mol. The van der Waals surface area contributed by atoms with Crippen molar-refractivity contribution in [2.45, 2.75) is 19.3 Å². The van der Waals surface area contributed by atoms with Gasteiger partial charge in [-0.15, -0.1) is 0 Å². The Morgan fingerprint density at radius 1 is 0.323 bits per heavy atom. The second-order valence-electron chi connectivity index (χ2n) is 17.5. The van der Waals surface area contributed by atoms with Crippen LogP contribution in [0.15, 0.2) is 211 Å². The van der Waals surface area contributed by atoms with E-state index in [0.717, 1.165) is 16.6 Å². The zero-order valence-corrected chi connectivity index (χ0v) is 34.5. The average Bonchev–Trinajstić information content (AvgIpc) is 3.83. The molecular weight excluding hydrogens is 749 g/mol. The molecule has 0 unspecified atom stereocenters. The number of furan rings is 1. The van der Waals surface area contributed by atoms with Gasteiger partial charge in [0.1, 0.15) is 11.2 Å². The fourth-order valence-electron chi connectivity index (χ4n) is 11.0. The van der Waals surface area contributed by atoms with E-state index in [2.05, 4.69) is 220 Å². The topological polar surface area (TPSA) is 13.1 Å². The summed E-state index contributed by atoms with van der Waals surface area (Å²) in [5, 5.41) is 12.2. The normalized spacial score (nSPS) is 13.1. The molecule has 0 atom stereocenters. The van der Waals surface area contributed by atoms with Crippen molar-refractivity contribution in [2.24, 2.45) is 0 Å². The number of hydrogen-bond acceptors (Lipinski definition) is 1. The molecule has 0 saturated carbocycles. The fraction of sp³-hybridized carbons (Fsp3) is 0.0492. The molecule has 0 spiro atoms. The highest BCUT2D eigenvalue weighted by Gasteiger charge is 2.37. The van der Waals surface area contributed by atoms with Gasteiger partial charge in [-0.05, 0) is 129 Å². The highest BCUT2D eigenvalue weighted by Crippen LogP contribution is 2.54. The monoisotopic (exact) mass is 788 g/mol. The molecule has 11 aromatic carbocycles. The van der Waals surface area contributed by atoms with Crippen molar-refractivity contribution in [1.82, 2.24) is 0 Å². The van der Waals surface area contributed by atoms with Crippen LogP contribution in [0.2, 0.25) is 0 Å². The third kappa shape index (κ3) is 4.97. The Morgan fingerprint density at radius 3 is 1.68 bits per heavy atom. The lowest BCUT2D eigenvalue weighted by Crippen LogP contribution is -2.14. The van der Waals surface area contributed by atoms with Gasteiger partial charge >= 0.3 is 0 Å². The molecule has 12 aromatic rings. The van der Waals surface area contributed by atoms with Crippen LogP contribution in [-0.4, -0.2) is 0 Å². The van der Waals surface area contributed by atoms with Gasteiger partial charge in [-0.1, -0.05) is 196 Å². The first-order chi connectivity index (χ1) is 30.5. The van der Waals surface area contributed by atoms with E-state index < -0.39 is 0 Å². The molecular formula is C61H40O. The minimum absolute atomic E-state index is 0.0734. The Bertz CT molecular complexity index is 3770. The summed E-state index contributed by atoms with van der Waals surface area (Å²) in [7, 11) is 0. The van der Waals surface area contributed by atoms with Gasteiger partial charge in [0.05, 0.1) is 0 Å². The van der Waals surface area contributed by atoms with Gasteiger partial charge in [-0.2, -0.15) is 0 Å². The van der Waals surface area contributed by atoms with Crippen molar-refractivity contribution in [1.29, 1.82) is 0 Å². The number of rotatable bonds is 4. The third-order valence-electron chi connectivity index (χ3n) is 13.9. The molecule has 0 bridgehead atoms. The lowest BCUT2D eigenvalue weighted by atomic mass is 9.82. The van der Waals surface area contributed by atoms with E-state index in [4.69, 9.17) is 4.42 Å². The Morgan fingerprint density at radius 2 is 0.919 bits per heavy atom. The molecule has 1 nitrogen and oxygen atoms in total. The first kappa shape index (κ1) is 35.1. The molecule has 0 radical (unpaired) electrons. The minimum Gasteiger partial charge on any atom is -0.455 e. The Labute approximate surface area is 360 Å². The lowest BCUT2D eigenvalue weighted by molar-refractivity contribution is 0.657. The zero-order chi connectivity index (χ0) is 41.1. The molecule has 62 heavy (non-hydrogen) atoms. The minimum atomic E-state index is -0.0734. The van der Waals surface area contributed by atoms with Gasteiger partial charge in [-0.25, -0.2) is 0 Å². The smallest absolute Gasteiger partial charge is 0.143 e. The van der Waals surface area contributed by atoms with Crippen LogP contribution in [-0.2, 0) is 5.41 Å². The van der Waals surface area contributed by atoms with Crippen LogP contribution in [0.25, 0.3) is 121 Å². The van der Waals surface area contributed by atoms with Crippen molar-refractivity contribution in [3.63, 3.8) is 0 Å². The maximum absolute atomic E-state index is 6.88. The Hall–Kier alpha value is -7.74. The van der Waals surface area contributed by atoms with Gasteiger partial charge < -0.3 is 4.42 Å². The quantitative estimate of drug-likeness (QED) is 0.162.